The molecule has 0 radical (unpaired) electrons. The Kier molecular flexibility index (Phi) is 29.8. The van der Waals surface area contributed by atoms with E-state index in [1.54, 1.807) is 0 Å². The fourth-order valence-electron chi connectivity index (χ4n) is 0. The lowest BCUT2D eigenvalue weighted by molar-refractivity contribution is 0.295. The maximum absolute atomic E-state index is 9.62. The van der Waals surface area contributed by atoms with Crippen LogP contribution >= 0.6 is 0 Å². The van der Waals surface area contributed by atoms with Crippen LogP contribution in [0.3, 0.4) is 0 Å². The van der Waals surface area contributed by atoms with Gasteiger partial charge in [0.1, 0.15) is 21.0 Å². The first kappa shape index (κ1) is 9.54. The molecule has 6 heavy (non-hydrogen) atoms. The molecule has 0 amide bonds. The molecule has 1 nitrogen and oxygen atoms in total. The standard InChI is InChI=1S/CH2F2.H6OSi2/c2*2-1-3/h1H2;2-3H3. The molecule has 0 aliphatic heterocycles. The molecule has 0 saturated heterocycles. The Hall–Kier alpha value is 0.254. The highest BCUT2D eigenvalue weighted by atomic mass is 28.3. The van der Waals surface area contributed by atoms with Crippen molar-refractivity contribution in [2.24, 2.45) is 0 Å². The van der Waals surface area contributed by atoms with E-state index < -0.39 is 6.93 Å². The second-order valence-corrected chi connectivity index (χ2v) is 3.78. The lowest BCUT2D eigenvalue weighted by Gasteiger charge is -1.62. The lowest BCUT2D eigenvalue weighted by Crippen LogP contribution is -1.65. The Morgan fingerprint density at radius 2 is 1.33 bits per heavy atom. The van der Waals surface area contributed by atoms with Gasteiger partial charge in [-0.3, -0.25) is 0 Å². The summed E-state index contributed by atoms with van der Waals surface area (Å²) < 4.78 is 23.8. The van der Waals surface area contributed by atoms with Gasteiger partial charge in [-0.2, -0.15) is 0 Å². The molecule has 0 bridgehead atoms. The fourth-order valence-corrected chi connectivity index (χ4v) is 0. The predicted octanol–water partition coefficient (Wildman–Crippen LogP) is -1.55. The maximum atomic E-state index is 9.62. The van der Waals surface area contributed by atoms with Gasteiger partial charge in [0.15, 0.2) is 0 Å². The summed E-state index contributed by atoms with van der Waals surface area (Å²) in [5.41, 5.74) is 0. The molecular weight excluding hydrogens is 122 g/mol. The van der Waals surface area contributed by atoms with Crippen LogP contribution in [-0.4, -0.2) is 27.9 Å². The van der Waals surface area contributed by atoms with Gasteiger partial charge in [-0.25, -0.2) is 8.78 Å². The second-order valence-electron chi connectivity index (χ2n) is 0.509. The molecule has 0 aliphatic rings. The van der Waals surface area contributed by atoms with Crippen molar-refractivity contribution >= 4 is 21.0 Å². The van der Waals surface area contributed by atoms with Crippen molar-refractivity contribution in [3.8, 4) is 0 Å². The Labute approximate surface area is 41.8 Å². The SMILES string of the molecule is FCF.[SiH3]O[SiH3]. The third kappa shape index (κ3) is 699. The molecule has 0 aromatic carbocycles. The van der Waals surface area contributed by atoms with Gasteiger partial charge in [0.2, 0.25) is 6.93 Å². The average Bonchev–Trinajstić information content (AvgIpc) is 1.39. The zero-order valence-corrected chi connectivity index (χ0v) is 7.87. The Balaban J connectivity index is 0. The van der Waals surface area contributed by atoms with E-state index in [0.717, 1.165) is 21.0 Å². The van der Waals surface area contributed by atoms with E-state index in [-0.39, 0.29) is 0 Å². The van der Waals surface area contributed by atoms with E-state index in [9.17, 15) is 8.78 Å². The van der Waals surface area contributed by atoms with Gasteiger partial charge in [0.25, 0.3) is 0 Å². The van der Waals surface area contributed by atoms with Crippen molar-refractivity contribution < 1.29 is 12.9 Å². The van der Waals surface area contributed by atoms with Gasteiger partial charge >= 0.3 is 0 Å². The molecule has 0 atom stereocenters. The summed E-state index contributed by atoms with van der Waals surface area (Å²) in [4.78, 5) is 0. The van der Waals surface area contributed by atoms with E-state index in [4.69, 9.17) is 0 Å². The maximum Gasteiger partial charge on any atom is 0.229 e. The van der Waals surface area contributed by atoms with Crippen LogP contribution in [0.25, 0.3) is 0 Å². The largest absolute Gasteiger partial charge is 0.471 e. The van der Waals surface area contributed by atoms with Crippen molar-refractivity contribution in [2.45, 2.75) is 0 Å². The highest BCUT2D eigenvalue weighted by Gasteiger charge is 1.44. The summed E-state index contributed by atoms with van der Waals surface area (Å²) in [5.74, 6) is 0. The van der Waals surface area contributed by atoms with E-state index in [1.807, 2.05) is 0 Å². The van der Waals surface area contributed by atoms with Gasteiger partial charge in [-0.15, -0.1) is 0 Å². The molecule has 0 heterocycles. The highest BCUT2D eigenvalue weighted by Crippen LogP contribution is 1.56. The summed E-state index contributed by atoms with van der Waals surface area (Å²) >= 11 is 0. The van der Waals surface area contributed by atoms with Crippen LogP contribution in [0.2, 0.25) is 0 Å². The Morgan fingerprint density at radius 1 is 1.33 bits per heavy atom. The van der Waals surface area contributed by atoms with Gasteiger partial charge < -0.3 is 4.12 Å². The zero-order valence-electron chi connectivity index (χ0n) is 3.87. The molecule has 40 valence electrons. The minimum atomic E-state index is -1.75. The monoisotopic (exact) mass is 130 g/mol. The molecule has 0 aliphatic carbocycles. The van der Waals surface area contributed by atoms with Crippen molar-refractivity contribution in [2.75, 3.05) is 6.93 Å². The van der Waals surface area contributed by atoms with E-state index >= 15 is 0 Å². The quantitative estimate of drug-likeness (QED) is 0.361. The van der Waals surface area contributed by atoms with E-state index in [1.165, 1.54) is 0 Å². The number of hydrogen-bond acceptors (Lipinski definition) is 1. The van der Waals surface area contributed by atoms with Gasteiger partial charge in [-0.05, 0) is 0 Å². The Bertz CT molecular complexity index is 13.5. The zero-order chi connectivity index (χ0) is 5.41. The summed E-state index contributed by atoms with van der Waals surface area (Å²) in [6.07, 6.45) is 0. The molecule has 0 aromatic heterocycles. The van der Waals surface area contributed by atoms with Crippen molar-refractivity contribution in [3.05, 3.63) is 0 Å². The van der Waals surface area contributed by atoms with Crippen LogP contribution in [-0.2, 0) is 4.12 Å². The highest BCUT2D eigenvalue weighted by molar-refractivity contribution is 6.15. The van der Waals surface area contributed by atoms with E-state index in [2.05, 4.69) is 4.12 Å². The lowest BCUT2D eigenvalue weighted by atomic mass is 11.7. The molecular formula is CH8F2OSi2. The third-order valence-corrected chi connectivity index (χ3v) is 0. The first-order valence-corrected chi connectivity index (χ1v) is 2.98. The summed E-state index contributed by atoms with van der Waals surface area (Å²) in [7, 11) is 1.86. The van der Waals surface area contributed by atoms with Crippen LogP contribution in [0.4, 0.5) is 8.78 Å². The van der Waals surface area contributed by atoms with Gasteiger partial charge in [0.05, 0.1) is 0 Å². The van der Waals surface area contributed by atoms with Gasteiger partial charge in [-0.1, -0.05) is 0 Å². The third-order valence-electron chi connectivity index (χ3n) is 0. The molecule has 0 fully saturated rings. The molecule has 0 saturated carbocycles. The predicted molar refractivity (Wildman–Crippen MR) is 28.0 cm³/mol. The molecule has 0 N–H and O–H groups in total. The van der Waals surface area contributed by atoms with Crippen LogP contribution in [0.1, 0.15) is 0 Å². The van der Waals surface area contributed by atoms with Crippen LogP contribution < -0.4 is 0 Å². The summed E-state index contributed by atoms with van der Waals surface area (Å²) in [6, 6.07) is 0. The van der Waals surface area contributed by atoms with Crippen LogP contribution in [0.15, 0.2) is 0 Å². The first-order chi connectivity index (χ1) is 2.83. The average molecular weight is 130 g/mol. The van der Waals surface area contributed by atoms with Crippen molar-refractivity contribution in [1.82, 2.24) is 0 Å². The number of rotatable bonds is 0. The second kappa shape index (κ2) is 18.7. The van der Waals surface area contributed by atoms with E-state index in [0.29, 0.717) is 0 Å². The van der Waals surface area contributed by atoms with Crippen molar-refractivity contribution in [1.29, 1.82) is 0 Å². The first-order valence-electron chi connectivity index (χ1n) is 1.35. The number of hydrogen-bond donors (Lipinski definition) is 0. The van der Waals surface area contributed by atoms with Crippen molar-refractivity contribution in [3.63, 3.8) is 0 Å². The smallest absolute Gasteiger partial charge is 0.229 e. The Morgan fingerprint density at radius 3 is 1.33 bits per heavy atom. The molecule has 5 heteroatoms. The minimum absolute atomic E-state index is 0.931. The van der Waals surface area contributed by atoms with Gasteiger partial charge in [0, 0.05) is 0 Å². The molecule has 0 rings (SSSR count). The fraction of sp³-hybridized carbons (Fsp3) is 1.00. The minimum Gasteiger partial charge on any atom is -0.471 e. The van der Waals surface area contributed by atoms with Crippen LogP contribution in [0.5, 0.6) is 0 Å². The summed E-state index contributed by atoms with van der Waals surface area (Å²) in [6.45, 7) is -1.75. The normalized spacial score (nSPS) is 7.00. The molecule has 0 spiro atoms. The number of halogens is 2. The van der Waals surface area contributed by atoms with Crippen LogP contribution in [0, 0.1) is 0 Å². The topological polar surface area (TPSA) is 9.23 Å². The number of alkyl halides is 2. The molecule has 0 unspecified atom stereocenters. The summed E-state index contributed by atoms with van der Waals surface area (Å²) in [5, 5.41) is 0. The molecule has 0 aromatic rings.